The summed E-state index contributed by atoms with van der Waals surface area (Å²) in [6, 6.07) is 5.86. The molecular formula is C23H17FN2O7. The van der Waals surface area contributed by atoms with Crippen molar-refractivity contribution in [3.8, 4) is 17.1 Å². The van der Waals surface area contributed by atoms with Crippen molar-refractivity contribution in [2.24, 2.45) is 0 Å². The van der Waals surface area contributed by atoms with Crippen molar-refractivity contribution >= 4 is 29.3 Å². The van der Waals surface area contributed by atoms with Crippen LogP contribution >= 0.6 is 0 Å². The van der Waals surface area contributed by atoms with Gasteiger partial charge in [-0.1, -0.05) is 6.92 Å². The number of halogens is 1. The molecule has 10 heteroatoms. The molecule has 1 aromatic carbocycles. The minimum Gasteiger partial charge on any atom is -0.457 e. The molecule has 9 nitrogen and oxygen atoms in total. The molecule has 5 rings (SSSR count). The lowest BCUT2D eigenvalue weighted by Crippen LogP contribution is -2.47. The molecule has 2 aliphatic heterocycles. The van der Waals surface area contributed by atoms with Crippen molar-refractivity contribution in [2.75, 3.05) is 0 Å². The lowest BCUT2D eigenvalue weighted by atomic mass is 9.85. The average Bonchev–Trinajstić information content (AvgIpc) is 3.13. The summed E-state index contributed by atoms with van der Waals surface area (Å²) in [6.45, 7) is 2.93. The minimum absolute atomic E-state index is 0.0734. The van der Waals surface area contributed by atoms with Crippen LogP contribution in [0.4, 0.5) is 4.39 Å². The molecule has 3 aromatic rings. The Morgan fingerprint density at radius 1 is 1.30 bits per heavy atom. The number of aromatic nitrogens is 2. The molecular weight excluding hydrogens is 435 g/mol. The van der Waals surface area contributed by atoms with E-state index in [1.807, 2.05) is 0 Å². The molecule has 0 unspecified atom stereocenters. The quantitative estimate of drug-likeness (QED) is 0.342. The van der Waals surface area contributed by atoms with Crippen LogP contribution < -0.4 is 10.3 Å². The van der Waals surface area contributed by atoms with Gasteiger partial charge in [0.05, 0.1) is 29.0 Å². The summed E-state index contributed by atoms with van der Waals surface area (Å²) in [5.41, 5.74) is 0.215. The van der Waals surface area contributed by atoms with Gasteiger partial charge >= 0.3 is 11.9 Å². The van der Waals surface area contributed by atoms with E-state index in [1.165, 1.54) is 17.6 Å². The monoisotopic (exact) mass is 452 g/mol. The van der Waals surface area contributed by atoms with Gasteiger partial charge in [0, 0.05) is 29.5 Å². The van der Waals surface area contributed by atoms with Crippen LogP contribution in [0.25, 0.3) is 22.3 Å². The maximum absolute atomic E-state index is 14.3. The maximum Gasteiger partial charge on any atom is 0.355 e. The number of cyclic esters (lactones) is 1. The SMILES string of the molecule is CC[C@@]1(OC(C)=O)C(=O)OCc2c1cc1n(c2=O)Cc2cc3cc(OC=O)c(F)cc3nc2-1. The number of ether oxygens (including phenoxy) is 3. The number of benzene rings is 1. The van der Waals surface area contributed by atoms with Gasteiger partial charge in [-0.15, -0.1) is 0 Å². The fourth-order valence-electron chi connectivity index (χ4n) is 4.53. The molecule has 0 N–H and O–H groups in total. The summed E-state index contributed by atoms with van der Waals surface area (Å²) in [5, 5.41) is 0.527. The highest BCUT2D eigenvalue weighted by molar-refractivity contribution is 5.88. The Labute approximate surface area is 185 Å². The number of carbonyl (C=O) groups is 3. The molecule has 0 radical (unpaired) electrons. The van der Waals surface area contributed by atoms with Gasteiger partial charge in [0.25, 0.3) is 12.0 Å². The molecule has 4 heterocycles. The molecule has 33 heavy (non-hydrogen) atoms. The Balaban J connectivity index is 1.74. The Bertz CT molecular complexity index is 1450. The fourth-order valence-corrected chi connectivity index (χ4v) is 4.53. The number of rotatable bonds is 4. The lowest BCUT2D eigenvalue weighted by Gasteiger charge is -2.35. The minimum atomic E-state index is -1.74. The molecule has 0 spiro atoms. The van der Waals surface area contributed by atoms with Crippen molar-refractivity contribution in [3.63, 3.8) is 0 Å². The Morgan fingerprint density at radius 3 is 2.79 bits per heavy atom. The van der Waals surface area contributed by atoms with Crippen LogP contribution in [0.1, 0.15) is 37.0 Å². The normalized spacial score (nSPS) is 18.2. The zero-order valence-electron chi connectivity index (χ0n) is 17.6. The fraction of sp³-hybridized carbons (Fsp3) is 0.261. The Kier molecular flexibility index (Phi) is 4.55. The number of pyridine rings is 2. The molecule has 0 amide bonds. The van der Waals surface area contributed by atoms with Gasteiger partial charge < -0.3 is 18.8 Å². The zero-order valence-corrected chi connectivity index (χ0v) is 17.6. The number of carbonyl (C=O) groups excluding carboxylic acids is 3. The van der Waals surface area contributed by atoms with E-state index in [0.717, 1.165) is 6.07 Å². The predicted molar refractivity (Wildman–Crippen MR) is 111 cm³/mol. The average molecular weight is 452 g/mol. The third-order valence-electron chi connectivity index (χ3n) is 6.02. The third kappa shape index (κ3) is 2.94. The van der Waals surface area contributed by atoms with E-state index in [2.05, 4.69) is 9.72 Å². The summed E-state index contributed by atoms with van der Waals surface area (Å²) in [7, 11) is 0. The lowest BCUT2D eigenvalue weighted by molar-refractivity contribution is -0.188. The molecule has 2 aromatic heterocycles. The molecule has 0 saturated carbocycles. The largest absolute Gasteiger partial charge is 0.457 e. The second kappa shape index (κ2) is 7.22. The van der Waals surface area contributed by atoms with E-state index in [9.17, 15) is 23.6 Å². The summed E-state index contributed by atoms with van der Waals surface area (Å²) in [5.74, 6) is -2.42. The summed E-state index contributed by atoms with van der Waals surface area (Å²) in [4.78, 5) is 53.0. The van der Waals surface area contributed by atoms with Gasteiger partial charge in [-0.05, 0) is 24.6 Å². The standard InChI is InChI=1S/C23H17FN2O7/c1-3-23(33-11(2)28)15-6-18-20-13(8-26(18)21(29)14(15)9-31-22(23)30)4-12-5-19(32-10-27)16(24)7-17(12)25-20/h4-7,10H,3,8-9H2,1-2H3/t23-/m0/s1. The molecule has 0 bridgehead atoms. The van der Waals surface area contributed by atoms with Crippen molar-refractivity contribution in [1.29, 1.82) is 0 Å². The van der Waals surface area contributed by atoms with Crippen LogP contribution in [-0.2, 0) is 42.6 Å². The Morgan fingerprint density at radius 2 is 2.09 bits per heavy atom. The first-order chi connectivity index (χ1) is 15.8. The van der Waals surface area contributed by atoms with E-state index in [4.69, 9.17) is 9.47 Å². The maximum atomic E-state index is 14.3. The summed E-state index contributed by atoms with van der Waals surface area (Å²) >= 11 is 0. The van der Waals surface area contributed by atoms with Crippen LogP contribution in [0.15, 0.2) is 29.1 Å². The van der Waals surface area contributed by atoms with Gasteiger partial charge in [-0.2, -0.15) is 0 Å². The first-order valence-electron chi connectivity index (χ1n) is 10.2. The van der Waals surface area contributed by atoms with Crippen LogP contribution in [0.2, 0.25) is 0 Å². The number of hydrogen-bond donors (Lipinski definition) is 0. The van der Waals surface area contributed by atoms with Crippen molar-refractivity contribution in [2.45, 2.75) is 39.0 Å². The van der Waals surface area contributed by atoms with Gasteiger partial charge in [0.2, 0.25) is 5.60 Å². The second-order valence-electron chi connectivity index (χ2n) is 7.85. The molecule has 0 aliphatic carbocycles. The first-order valence-corrected chi connectivity index (χ1v) is 10.2. The highest BCUT2D eigenvalue weighted by Gasteiger charge is 2.50. The topological polar surface area (TPSA) is 114 Å². The molecule has 168 valence electrons. The number of nitrogens with zero attached hydrogens (tertiary/aromatic N) is 2. The first kappa shape index (κ1) is 20.8. The van der Waals surface area contributed by atoms with Crippen LogP contribution in [0.3, 0.4) is 0 Å². The summed E-state index contributed by atoms with van der Waals surface area (Å²) in [6.07, 6.45) is 0.0734. The van der Waals surface area contributed by atoms with E-state index in [-0.39, 0.29) is 42.9 Å². The van der Waals surface area contributed by atoms with E-state index in [1.54, 1.807) is 19.1 Å². The predicted octanol–water partition coefficient (Wildman–Crippen LogP) is 2.32. The van der Waals surface area contributed by atoms with E-state index >= 15 is 0 Å². The molecule has 0 fully saturated rings. The number of fused-ring (bicyclic) bond motifs is 5. The van der Waals surface area contributed by atoms with Gasteiger partial charge in [-0.25, -0.2) is 14.2 Å². The van der Waals surface area contributed by atoms with Crippen LogP contribution in [-0.4, -0.2) is 28.0 Å². The zero-order chi connectivity index (χ0) is 23.5. The third-order valence-corrected chi connectivity index (χ3v) is 6.02. The van der Waals surface area contributed by atoms with Crippen molar-refractivity contribution in [1.82, 2.24) is 9.55 Å². The van der Waals surface area contributed by atoms with Gasteiger partial charge in [0.15, 0.2) is 11.6 Å². The highest BCUT2D eigenvalue weighted by atomic mass is 19.1. The van der Waals surface area contributed by atoms with Gasteiger partial charge in [-0.3, -0.25) is 14.4 Å². The van der Waals surface area contributed by atoms with Crippen molar-refractivity contribution < 1.29 is 33.0 Å². The smallest absolute Gasteiger partial charge is 0.355 e. The van der Waals surface area contributed by atoms with Crippen LogP contribution in [0.5, 0.6) is 5.75 Å². The number of esters is 2. The molecule has 2 aliphatic rings. The molecule has 1 atom stereocenters. The Hall–Kier alpha value is -4.08. The van der Waals surface area contributed by atoms with Crippen molar-refractivity contribution in [3.05, 3.63) is 57.1 Å². The van der Waals surface area contributed by atoms with E-state index < -0.39 is 28.9 Å². The number of hydrogen-bond acceptors (Lipinski definition) is 8. The highest BCUT2D eigenvalue weighted by Crippen LogP contribution is 2.41. The second-order valence-corrected chi connectivity index (χ2v) is 7.85. The summed E-state index contributed by atoms with van der Waals surface area (Å²) < 4.78 is 31.1. The van der Waals surface area contributed by atoms with E-state index in [0.29, 0.717) is 27.9 Å². The molecule has 0 saturated heterocycles. The van der Waals surface area contributed by atoms with Gasteiger partial charge in [0.1, 0.15) is 6.61 Å². The van der Waals surface area contributed by atoms with Crippen LogP contribution in [0, 0.1) is 5.82 Å².